The molecule has 1 N–H and O–H groups in total. The maximum Gasteiger partial charge on any atom is 0.0328 e. The fourth-order valence-corrected chi connectivity index (χ4v) is 3.88. The zero-order valence-electron chi connectivity index (χ0n) is 10.3. The Kier molecular flexibility index (Phi) is 4.47. The van der Waals surface area contributed by atoms with E-state index in [2.05, 4.69) is 29.3 Å². The summed E-state index contributed by atoms with van der Waals surface area (Å²) in [7, 11) is 0. The molecule has 0 spiro atoms. The Bertz CT molecular complexity index is 366. The van der Waals surface area contributed by atoms with Crippen molar-refractivity contribution in [3.63, 3.8) is 0 Å². The molecule has 2 fully saturated rings. The molecular weight excluding hydrogens is 252 g/mol. The van der Waals surface area contributed by atoms with Gasteiger partial charge in [-0.2, -0.15) is 0 Å². The van der Waals surface area contributed by atoms with Gasteiger partial charge in [0.15, 0.2) is 0 Å². The molecule has 2 atom stereocenters. The van der Waals surface area contributed by atoms with Crippen molar-refractivity contribution in [2.24, 2.45) is 0 Å². The van der Waals surface area contributed by atoms with Crippen molar-refractivity contribution in [1.29, 1.82) is 0 Å². The summed E-state index contributed by atoms with van der Waals surface area (Å²) in [5.74, 6) is 0. The molecule has 0 amide bonds. The monoisotopic (exact) mass is 272 g/mol. The normalized spacial score (nSPS) is 28.8. The average molecular weight is 273 g/mol. The van der Waals surface area contributed by atoms with Gasteiger partial charge in [-0.15, -0.1) is 23.7 Å². The second kappa shape index (κ2) is 5.70. The number of hydrogen-bond acceptors (Lipinski definition) is 3. The van der Waals surface area contributed by atoms with Crippen LogP contribution < -0.4 is 5.32 Å². The molecular formula is C13H21ClN2S. The maximum atomic E-state index is 3.74. The predicted octanol–water partition coefficient (Wildman–Crippen LogP) is 2.80. The van der Waals surface area contributed by atoms with E-state index in [-0.39, 0.29) is 12.4 Å². The van der Waals surface area contributed by atoms with Crippen molar-refractivity contribution < 1.29 is 0 Å². The van der Waals surface area contributed by atoms with E-state index in [0.717, 1.165) is 18.6 Å². The van der Waals surface area contributed by atoms with Gasteiger partial charge < -0.3 is 5.32 Å². The number of likely N-dealkylation sites (tertiary alicyclic amines) is 1. The molecule has 2 bridgehead atoms. The van der Waals surface area contributed by atoms with Gasteiger partial charge in [0.25, 0.3) is 0 Å². The van der Waals surface area contributed by atoms with Crippen LogP contribution in [0.5, 0.6) is 0 Å². The standard InChI is InChI=1S/C13H20N2S.ClH/c1-10-2-5-13(16-10)9-15-7-6-11-3-4-12(8-15)14-11;/h2,5,11-12,14H,3-4,6-9H2,1H3;1H. The summed E-state index contributed by atoms with van der Waals surface area (Å²) in [4.78, 5) is 5.59. The summed E-state index contributed by atoms with van der Waals surface area (Å²) in [5.41, 5.74) is 0. The van der Waals surface area contributed by atoms with Crippen LogP contribution >= 0.6 is 23.7 Å². The molecule has 96 valence electrons. The summed E-state index contributed by atoms with van der Waals surface area (Å²) in [5, 5.41) is 3.74. The summed E-state index contributed by atoms with van der Waals surface area (Å²) in [6.07, 6.45) is 4.11. The van der Waals surface area contributed by atoms with E-state index >= 15 is 0 Å². The molecule has 2 aliphatic heterocycles. The predicted molar refractivity (Wildman–Crippen MR) is 76.1 cm³/mol. The van der Waals surface area contributed by atoms with E-state index in [1.165, 1.54) is 42.1 Å². The van der Waals surface area contributed by atoms with E-state index < -0.39 is 0 Å². The molecule has 17 heavy (non-hydrogen) atoms. The van der Waals surface area contributed by atoms with Gasteiger partial charge >= 0.3 is 0 Å². The first-order valence-corrected chi connectivity index (χ1v) is 7.15. The van der Waals surface area contributed by atoms with E-state index in [1.54, 1.807) is 0 Å². The molecule has 0 saturated carbocycles. The van der Waals surface area contributed by atoms with Gasteiger partial charge in [0.05, 0.1) is 0 Å². The number of thiophene rings is 1. The van der Waals surface area contributed by atoms with Crippen LogP contribution in [-0.2, 0) is 6.54 Å². The SMILES string of the molecule is Cc1ccc(CN2CCC3CCC(C2)N3)s1.Cl. The lowest BCUT2D eigenvalue weighted by molar-refractivity contribution is 0.253. The Labute approximate surface area is 114 Å². The lowest BCUT2D eigenvalue weighted by Gasteiger charge is -2.23. The van der Waals surface area contributed by atoms with Crippen LogP contribution in [0.2, 0.25) is 0 Å². The molecule has 1 aromatic rings. The van der Waals surface area contributed by atoms with Crippen molar-refractivity contribution in [3.05, 3.63) is 21.9 Å². The highest BCUT2D eigenvalue weighted by molar-refractivity contribution is 7.11. The number of rotatable bonds is 2. The third-order valence-corrected chi connectivity index (χ3v) is 4.77. The molecule has 2 saturated heterocycles. The van der Waals surface area contributed by atoms with Crippen molar-refractivity contribution in [1.82, 2.24) is 10.2 Å². The minimum Gasteiger partial charge on any atom is -0.310 e. The van der Waals surface area contributed by atoms with Crippen LogP contribution in [0.15, 0.2) is 12.1 Å². The minimum atomic E-state index is 0. The third-order valence-electron chi connectivity index (χ3n) is 3.78. The first-order valence-electron chi connectivity index (χ1n) is 6.33. The second-order valence-corrected chi connectivity index (χ2v) is 6.55. The molecule has 0 aliphatic carbocycles. The molecule has 3 heterocycles. The van der Waals surface area contributed by atoms with Gasteiger partial charge in [0, 0.05) is 41.5 Å². The summed E-state index contributed by atoms with van der Waals surface area (Å²) in [6.45, 7) is 5.86. The first kappa shape index (κ1) is 13.3. The van der Waals surface area contributed by atoms with E-state index in [4.69, 9.17) is 0 Å². The molecule has 3 rings (SSSR count). The largest absolute Gasteiger partial charge is 0.310 e. The van der Waals surface area contributed by atoms with Crippen molar-refractivity contribution in [2.75, 3.05) is 13.1 Å². The Morgan fingerprint density at radius 1 is 1.29 bits per heavy atom. The zero-order valence-corrected chi connectivity index (χ0v) is 11.9. The van der Waals surface area contributed by atoms with Crippen LogP contribution in [0.3, 0.4) is 0 Å². The Morgan fingerprint density at radius 2 is 2.12 bits per heavy atom. The Balaban J connectivity index is 0.00000108. The van der Waals surface area contributed by atoms with Crippen molar-refractivity contribution in [2.45, 2.75) is 44.8 Å². The maximum absolute atomic E-state index is 3.74. The molecule has 4 heteroatoms. The Hall–Kier alpha value is -0.0900. The highest BCUT2D eigenvalue weighted by atomic mass is 35.5. The summed E-state index contributed by atoms with van der Waals surface area (Å²) in [6, 6.07) is 6.09. The minimum absolute atomic E-state index is 0. The van der Waals surface area contributed by atoms with E-state index in [9.17, 15) is 0 Å². The van der Waals surface area contributed by atoms with Crippen molar-refractivity contribution in [3.8, 4) is 0 Å². The van der Waals surface area contributed by atoms with Gasteiger partial charge in [-0.25, -0.2) is 0 Å². The van der Waals surface area contributed by atoms with Gasteiger partial charge in [-0.05, 0) is 38.3 Å². The van der Waals surface area contributed by atoms with Crippen LogP contribution in [0.25, 0.3) is 0 Å². The quantitative estimate of drug-likeness (QED) is 0.891. The topological polar surface area (TPSA) is 15.3 Å². The van der Waals surface area contributed by atoms with Crippen LogP contribution in [0, 0.1) is 6.92 Å². The third kappa shape index (κ3) is 3.22. The highest BCUT2D eigenvalue weighted by Crippen LogP contribution is 2.23. The number of aryl methyl sites for hydroxylation is 1. The fraction of sp³-hybridized carbons (Fsp3) is 0.692. The second-order valence-electron chi connectivity index (χ2n) is 5.17. The van der Waals surface area contributed by atoms with Crippen LogP contribution in [0.4, 0.5) is 0 Å². The van der Waals surface area contributed by atoms with Gasteiger partial charge in [-0.1, -0.05) is 0 Å². The number of halogens is 1. The van der Waals surface area contributed by atoms with Gasteiger partial charge in [0.1, 0.15) is 0 Å². The van der Waals surface area contributed by atoms with Gasteiger partial charge in [0.2, 0.25) is 0 Å². The highest BCUT2D eigenvalue weighted by Gasteiger charge is 2.29. The average Bonchev–Trinajstić information content (AvgIpc) is 2.77. The number of hydrogen-bond donors (Lipinski definition) is 1. The smallest absolute Gasteiger partial charge is 0.0328 e. The van der Waals surface area contributed by atoms with E-state index in [0.29, 0.717) is 0 Å². The molecule has 0 radical (unpaired) electrons. The Morgan fingerprint density at radius 3 is 2.88 bits per heavy atom. The number of fused-ring (bicyclic) bond motifs is 2. The molecule has 0 aromatic carbocycles. The fourth-order valence-electron chi connectivity index (χ4n) is 2.95. The summed E-state index contributed by atoms with van der Waals surface area (Å²) < 4.78 is 0. The molecule has 2 nitrogen and oxygen atoms in total. The number of nitrogens with one attached hydrogen (secondary N) is 1. The van der Waals surface area contributed by atoms with Gasteiger partial charge in [-0.3, -0.25) is 4.90 Å². The zero-order chi connectivity index (χ0) is 11.0. The summed E-state index contributed by atoms with van der Waals surface area (Å²) >= 11 is 1.95. The molecule has 2 unspecified atom stereocenters. The molecule has 2 aliphatic rings. The number of nitrogens with zero attached hydrogens (tertiary/aromatic N) is 1. The molecule has 1 aromatic heterocycles. The van der Waals surface area contributed by atoms with Crippen molar-refractivity contribution >= 4 is 23.7 Å². The first-order chi connectivity index (χ1) is 7.79. The van der Waals surface area contributed by atoms with E-state index in [1.807, 2.05) is 11.3 Å². The van der Waals surface area contributed by atoms with Crippen LogP contribution in [-0.4, -0.2) is 30.1 Å². The van der Waals surface area contributed by atoms with Crippen LogP contribution in [0.1, 0.15) is 29.0 Å². The lowest BCUT2D eigenvalue weighted by atomic mass is 10.1. The lowest BCUT2D eigenvalue weighted by Crippen LogP contribution is -2.34.